The summed E-state index contributed by atoms with van der Waals surface area (Å²) in [7, 11) is 5.82. The summed E-state index contributed by atoms with van der Waals surface area (Å²) in [6, 6.07) is 0. The molecule has 1 saturated heterocycles. The van der Waals surface area contributed by atoms with Gasteiger partial charge in [0.15, 0.2) is 11.8 Å². The predicted octanol–water partition coefficient (Wildman–Crippen LogP) is 0.639. The van der Waals surface area contributed by atoms with Crippen LogP contribution >= 0.6 is 0 Å². The molecule has 0 radical (unpaired) electrons. The van der Waals surface area contributed by atoms with E-state index in [2.05, 4.69) is 32.5 Å². The van der Waals surface area contributed by atoms with Gasteiger partial charge < -0.3 is 19.5 Å². The number of nitrogens with zero attached hydrogens (tertiary/aromatic N) is 5. The van der Waals surface area contributed by atoms with E-state index in [1.807, 2.05) is 18.7 Å². The summed E-state index contributed by atoms with van der Waals surface area (Å²) in [6.45, 7) is 3.45. The quantitative estimate of drug-likeness (QED) is 0.637. The van der Waals surface area contributed by atoms with Crippen LogP contribution in [-0.4, -0.2) is 59.5 Å². The second kappa shape index (κ2) is 7.97. The van der Waals surface area contributed by atoms with Crippen LogP contribution < -0.4 is 5.32 Å². The average Bonchev–Trinajstić information content (AvgIpc) is 2.92. The minimum absolute atomic E-state index is 0.630. The Morgan fingerprint density at radius 3 is 2.90 bits per heavy atom. The molecule has 0 bridgehead atoms. The summed E-state index contributed by atoms with van der Waals surface area (Å²) in [5, 5.41) is 11.3. The molecule has 21 heavy (non-hydrogen) atoms. The molecule has 1 aliphatic rings. The maximum Gasteiger partial charge on any atom is 0.193 e. The van der Waals surface area contributed by atoms with Gasteiger partial charge in [0.1, 0.15) is 6.33 Å². The Morgan fingerprint density at radius 2 is 2.29 bits per heavy atom. The highest BCUT2D eigenvalue weighted by atomic mass is 16.5. The molecule has 0 saturated carbocycles. The van der Waals surface area contributed by atoms with Crippen LogP contribution in [0.4, 0.5) is 0 Å². The number of hydrogen-bond acceptors (Lipinski definition) is 4. The van der Waals surface area contributed by atoms with Crippen molar-refractivity contribution in [1.82, 2.24) is 25.0 Å². The third-order valence-electron chi connectivity index (χ3n) is 4.00. The molecule has 118 valence electrons. The Labute approximate surface area is 126 Å². The maximum absolute atomic E-state index is 5.40. The topological polar surface area (TPSA) is 67.6 Å². The molecule has 0 amide bonds. The molecule has 0 unspecified atom stereocenters. The van der Waals surface area contributed by atoms with Crippen molar-refractivity contribution in [2.24, 2.45) is 18.0 Å². The zero-order valence-corrected chi connectivity index (χ0v) is 13.2. The van der Waals surface area contributed by atoms with E-state index in [-0.39, 0.29) is 0 Å². The molecule has 1 fully saturated rings. The Morgan fingerprint density at radius 1 is 1.52 bits per heavy atom. The smallest absolute Gasteiger partial charge is 0.193 e. The van der Waals surface area contributed by atoms with Gasteiger partial charge in [-0.05, 0) is 25.2 Å². The SMILES string of the molecule is CN=C(NCc1nncn1C)N(C)CCC1CCOCC1. The van der Waals surface area contributed by atoms with Crippen molar-refractivity contribution in [3.8, 4) is 0 Å². The number of aliphatic imine (C=N–C) groups is 1. The highest BCUT2D eigenvalue weighted by molar-refractivity contribution is 5.79. The molecule has 1 N–H and O–H groups in total. The van der Waals surface area contributed by atoms with E-state index in [1.54, 1.807) is 6.33 Å². The van der Waals surface area contributed by atoms with E-state index < -0.39 is 0 Å². The number of guanidine groups is 1. The van der Waals surface area contributed by atoms with Gasteiger partial charge >= 0.3 is 0 Å². The Hall–Kier alpha value is -1.63. The van der Waals surface area contributed by atoms with E-state index in [4.69, 9.17) is 4.74 Å². The van der Waals surface area contributed by atoms with Gasteiger partial charge in [-0.15, -0.1) is 10.2 Å². The fraction of sp³-hybridized carbons (Fsp3) is 0.786. The van der Waals surface area contributed by atoms with Gasteiger partial charge in [0.05, 0.1) is 6.54 Å². The fourth-order valence-electron chi connectivity index (χ4n) is 2.53. The Kier molecular flexibility index (Phi) is 5.98. The molecule has 0 spiro atoms. The van der Waals surface area contributed by atoms with Crippen molar-refractivity contribution >= 4 is 5.96 Å². The lowest BCUT2D eigenvalue weighted by atomic mass is 9.96. The predicted molar refractivity (Wildman–Crippen MR) is 82.0 cm³/mol. The van der Waals surface area contributed by atoms with E-state index in [0.29, 0.717) is 6.54 Å². The Balaban J connectivity index is 1.75. The third kappa shape index (κ3) is 4.70. The number of hydrogen-bond donors (Lipinski definition) is 1. The molecule has 1 aromatic heterocycles. The largest absolute Gasteiger partial charge is 0.381 e. The van der Waals surface area contributed by atoms with Crippen molar-refractivity contribution in [2.75, 3.05) is 33.9 Å². The molecule has 7 heteroatoms. The minimum Gasteiger partial charge on any atom is -0.381 e. The number of rotatable bonds is 5. The van der Waals surface area contributed by atoms with Crippen LogP contribution in [0.2, 0.25) is 0 Å². The van der Waals surface area contributed by atoms with Crippen LogP contribution in [0, 0.1) is 5.92 Å². The first-order valence-corrected chi connectivity index (χ1v) is 7.53. The van der Waals surface area contributed by atoms with E-state index >= 15 is 0 Å². The standard InChI is InChI=1S/C14H26N6O/c1-15-14(16-10-13-18-17-11-20(13)3)19(2)7-4-12-5-8-21-9-6-12/h11-12H,4-10H2,1-3H3,(H,15,16). The molecule has 0 aromatic carbocycles. The monoisotopic (exact) mass is 294 g/mol. The molecule has 1 aromatic rings. The van der Waals surface area contributed by atoms with Gasteiger partial charge in [-0.25, -0.2) is 0 Å². The molecule has 0 aliphatic carbocycles. The van der Waals surface area contributed by atoms with E-state index in [1.165, 1.54) is 19.3 Å². The summed E-state index contributed by atoms with van der Waals surface area (Å²) >= 11 is 0. The van der Waals surface area contributed by atoms with Gasteiger partial charge in [0.25, 0.3) is 0 Å². The van der Waals surface area contributed by atoms with Crippen LogP contribution in [0.3, 0.4) is 0 Å². The first kappa shape index (κ1) is 15.8. The van der Waals surface area contributed by atoms with Crippen molar-refractivity contribution < 1.29 is 4.74 Å². The summed E-state index contributed by atoms with van der Waals surface area (Å²) in [5.41, 5.74) is 0. The van der Waals surface area contributed by atoms with Gasteiger partial charge in [-0.3, -0.25) is 4.99 Å². The van der Waals surface area contributed by atoms with E-state index in [9.17, 15) is 0 Å². The highest BCUT2D eigenvalue weighted by Crippen LogP contribution is 2.18. The van der Waals surface area contributed by atoms with Crippen LogP contribution in [0.15, 0.2) is 11.3 Å². The lowest BCUT2D eigenvalue weighted by Crippen LogP contribution is -2.40. The average molecular weight is 294 g/mol. The molecule has 0 atom stereocenters. The molecule has 7 nitrogen and oxygen atoms in total. The van der Waals surface area contributed by atoms with Gasteiger partial charge in [-0.1, -0.05) is 0 Å². The van der Waals surface area contributed by atoms with Gasteiger partial charge in [0.2, 0.25) is 0 Å². The molecular weight excluding hydrogens is 268 g/mol. The molecule has 2 heterocycles. The fourth-order valence-corrected chi connectivity index (χ4v) is 2.53. The number of nitrogens with one attached hydrogen (secondary N) is 1. The van der Waals surface area contributed by atoms with Crippen molar-refractivity contribution in [1.29, 1.82) is 0 Å². The van der Waals surface area contributed by atoms with Crippen LogP contribution in [0.5, 0.6) is 0 Å². The zero-order chi connectivity index (χ0) is 15.1. The second-order valence-corrected chi connectivity index (χ2v) is 5.52. The van der Waals surface area contributed by atoms with Gasteiger partial charge in [-0.2, -0.15) is 0 Å². The lowest BCUT2D eigenvalue weighted by molar-refractivity contribution is 0.0625. The van der Waals surface area contributed by atoms with Crippen molar-refractivity contribution in [2.45, 2.75) is 25.8 Å². The van der Waals surface area contributed by atoms with Crippen LogP contribution in [0.25, 0.3) is 0 Å². The summed E-state index contributed by atoms with van der Waals surface area (Å²) in [4.78, 5) is 6.50. The summed E-state index contributed by atoms with van der Waals surface area (Å²) < 4.78 is 7.31. The van der Waals surface area contributed by atoms with Crippen LogP contribution in [-0.2, 0) is 18.3 Å². The lowest BCUT2D eigenvalue weighted by Gasteiger charge is -2.26. The summed E-state index contributed by atoms with van der Waals surface area (Å²) in [5.74, 6) is 2.57. The molecular formula is C14H26N6O. The normalized spacial score (nSPS) is 17.0. The number of aromatic nitrogens is 3. The second-order valence-electron chi connectivity index (χ2n) is 5.52. The highest BCUT2D eigenvalue weighted by Gasteiger charge is 2.15. The first-order chi connectivity index (χ1) is 10.2. The van der Waals surface area contributed by atoms with Crippen molar-refractivity contribution in [3.63, 3.8) is 0 Å². The van der Waals surface area contributed by atoms with E-state index in [0.717, 1.165) is 37.5 Å². The summed E-state index contributed by atoms with van der Waals surface area (Å²) in [6.07, 6.45) is 5.25. The third-order valence-corrected chi connectivity index (χ3v) is 4.00. The number of aryl methyl sites for hydroxylation is 1. The number of ether oxygens (including phenoxy) is 1. The Bertz CT molecular complexity index is 452. The first-order valence-electron chi connectivity index (χ1n) is 7.53. The molecule has 1 aliphatic heterocycles. The van der Waals surface area contributed by atoms with Crippen LogP contribution in [0.1, 0.15) is 25.1 Å². The van der Waals surface area contributed by atoms with Crippen molar-refractivity contribution in [3.05, 3.63) is 12.2 Å². The minimum atomic E-state index is 0.630. The van der Waals surface area contributed by atoms with Gasteiger partial charge in [0, 0.05) is 40.9 Å². The maximum atomic E-state index is 5.40. The zero-order valence-electron chi connectivity index (χ0n) is 13.2. The molecule has 2 rings (SSSR count).